The van der Waals surface area contributed by atoms with Crippen molar-refractivity contribution < 1.29 is 21.6 Å². The second kappa shape index (κ2) is 9.03. The molecule has 0 unspecified atom stereocenters. The van der Waals surface area contributed by atoms with Gasteiger partial charge in [-0.2, -0.15) is 17.5 Å². The maximum absolute atomic E-state index is 12.9. The van der Waals surface area contributed by atoms with Gasteiger partial charge < -0.3 is 4.90 Å². The first kappa shape index (κ1) is 23.7. The van der Waals surface area contributed by atoms with Crippen LogP contribution in [0.5, 0.6) is 0 Å². The fourth-order valence-corrected chi connectivity index (χ4v) is 5.25. The van der Waals surface area contributed by atoms with E-state index in [0.29, 0.717) is 36.0 Å². The van der Waals surface area contributed by atoms with Crippen LogP contribution in [-0.4, -0.2) is 48.9 Å². The van der Waals surface area contributed by atoms with Gasteiger partial charge in [0.25, 0.3) is 0 Å². The van der Waals surface area contributed by atoms with Gasteiger partial charge in [-0.1, -0.05) is 28.1 Å². The molecule has 0 saturated carbocycles. The summed E-state index contributed by atoms with van der Waals surface area (Å²) in [5.74, 6) is 0.932. The number of sulfonamides is 1. The lowest BCUT2D eigenvalue weighted by Gasteiger charge is -2.34. The Kier molecular flexibility index (Phi) is 6.47. The summed E-state index contributed by atoms with van der Waals surface area (Å²) in [7, 11) is -3.60. The third-order valence-corrected chi connectivity index (χ3v) is 7.77. The van der Waals surface area contributed by atoms with E-state index in [1.165, 1.54) is 16.4 Å². The molecule has 1 aromatic heterocycles. The molecular formula is C22H20BrF3N4O2S. The quantitative estimate of drug-likeness (QED) is 0.478. The summed E-state index contributed by atoms with van der Waals surface area (Å²) in [5, 5.41) is 0. The molecule has 4 rings (SSSR count). The van der Waals surface area contributed by atoms with Crippen molar-refractivity contribution in [2.75, 3.05) is 31.1 Å². The Balaban J connectivity index is 1.51. The van der Waals surface area contributed by atoms with Gasteiger partial charge >= 0.3 is 6.18 Å². The van der Waals surface area contributed by atoms with Crippen molar-refractivity contribution in [2.24, 2.45) is 0 Å². The van der Waals surface area contributed by atoms with Gasteiger partial charge in [0, 0.05) is 48.0 Å². The lowest BCUT2D eigenvalue weighted by Crippen LogP contribution is -2.49. The van der Waals surface area contributed by atoms with E-state index in [4.69, 9.17) is 0 Å². The van der Waals surface area contributed by atoms with Crippen LogP contribution in [-0.2, 0) is 16.2 Å². The predicted molar refractivity (Wildman–Crippen MR) is 122 cm³/mol. The van der Waals surface area contributed by atoms with Crippen molar-refractivity contribution in [3.8, 4) is 11.4 Å². The van der Waals surface area contributed by atoms with E-state index in [1.807, 2.05) is 4.90 Å². The van der Waals surface area contributed by atoms with Crippen LogP contribution in [0.2, 0.25) is 0 Å². The maximum Gasteiger partial charge on any atom is 0.416 e. The van der Waals surface area contributed by atoms with Gasteiger partial charge in [0.15, 0.2) is 5.82 Å². The fourth-order valence-electron chi connectivity index (χ4n) is 3.56. The Bertz CT molecular complexity index is 1240. The molecule has 1 fully saturated rings. The minimum absolute atomic E-state index is 0.238. The minimum atomic E-state index is -4.41. The smallest absolute Gasteiger partial charge is 0.354 e. The molecule has 1 saturated heterocycles. The van der Waals surface area contributed by atoms with Gasteiger partial charge in [-0.25, -0.2) is 18.4 Å². The summed E-state index contributed by atoms with van der Waals surface area (Å²) in [6.07, 6.45) is -4.41. The van der Waals surface area contributed by atoms with E-state index in [9.17, 15) is 21.6 Å². The number of hydrogen-bond acceptors (Lipinski definition) is 5. The fraction of sp³-hybridized carbons (Fsp3) is 0.273. The first-order valence-corrected chi connectivity index (χ1v) is 12.3. The number of benzene rings is 2. The summed E-state index contributed by atoms with van der Waals surface area (Å²) >= 11 is 3.31. The second-order valence-corrected chi connectivity index (χ2v) is 10.5. The second-order valence-electron chi connectivity index (χ2n) is 7.61. The Morgan fingerprint density at radius 1 is 0.909 bits per heavy atom. The number of aryl methyl sites for hydroxylation is 1. The summed E-state index contributed by atoms with van der Waals surface area (Å²) < 4.78 is 66.6. The number of piperazine rings is 1. The van der Waals surface area contributed by atoms with Crippen molar-refractivity contribution in [3.05, 3.63) is 70.3 Å². The number of aromatic nitrogens is 2. The van der Waals surface area contributed by atoms with Crippen molar-refractivity contribution in [1.82, 2.24) is 14.3 Å². The zero-order chi connectivity index (χ0) is 23.8. The summed E-state index contributed by atoms with van der Waals surface area (Å²) in [6, 6.07) is 13.0. The molecule has 2 heterocycles. The number of alkyl halides is 3. The zero-order valence-corrected chi connectivity index (χ0v) is 20.0. The van der Waals surface area contributed by atoms with Crippen LogP contribution in [0.15, 0.2) is 64.0 Å². The molecule has 0 N–H and O–H groups in total. The Morgan fingerprint density at radius 2 is 1.52 bits per heavy atom. The molecule has 0 spiro atoms. The van der Waals surface area contributed by atoms with E-state index < -0.39 is 21.8 Å². The van der Waals surface area contributed by atoms with Crippen LogP contribution < -0.4 is 4.90 Å². The number of halogens is 4. The van der Waals surface area contributed by atoms with Crippen molar-refractivity contribution in [1.29, 1.82) is 0 Å². The standard InChI is InChI=1S/C22H20BrF3N4O2S/c1-15-14-20(28-21(27-15)16-2-4-17(5-3-16)22(24,25)26)29-10-12-30(13-11-29)33(31,32)19-8-6-18(23)7-9-19/h2-9,14H,10-13H2,1H3. The van der Waals surface area contributed by atoms with E-state index in [2.05, 4.69) is 25.9 Å². The average Bonchev–Trinajstić information content (AvgIpc) is 2.78. The highest BCUT2D eigenvalue weighted by molar-refractivity contribution is 9.10. The minimum Gasteiger partial charge on any atom is -0.354 e. The maximum atomic E-state index is 12.9. The van der Waals surface area contributed by atoms with Crippen LogP contribution in [0.1, 0.15) is 11.3 Å². The van der Waals surface area contributed by atoms with E-state index in [0.717, 1.165) is 16.6 Å². The van der Waals surface area contributed by atoms with Crippen molar-refractivity contribution in [2.45, 2.75) is 18.0 Å². The molecule has 0 bridgehead atoms. The molecule has 6 nitrogen and oxygen atoms in total. The van der Waals surface area contributed by atoms with Gasteiger partial charge in [0.1, 0.15) is 5.82 Å². The molecule has 0 amide bonds. The van der Waals surface area contributed by atoms with Gasteiger partial charge in [0.05, 0.1) is 10.5 Å². The monoisotopic (exact) mass is 540 g/mol. The Hall–Kier alpha value is -2.50. The zero-order valence-electron chi connectivity index (χ0n) is 17.6. The van der Waals surface area contributed by atoms with Gasteiger partial charge in [-0.15, -0.1) is 0 Å². The Labute approximate surface area is 198 Å². The summed E-state index contributed by atoms with van der Waals surface area (Å²) in [6.45, 7) is 3.22. The molecule has 3 aromatic rings. The first-order valence-electron chi connectivity index (χ1n) is 10.1. The third-order valence-electron chi connectivity index (χ3n) is 5.33. The normalized spacial score (nSPS) is 15.6. The van der Waals surface area contributed by atoms with Gasteiger partial charge in [-0.05, 0) is 43.3 Å². The number of hydrogen-bond donors (Lipinski definition) is 0. The summed E-state index contributed by atoms with van der Waals surface area (Å²) in [4.78, 5) is 11.1. The van der Waals surface area contributed by atoms with Crippen LogP contribution in [0.3, 0.4) is 0 Å². The molecule has 1 aliphatic rings. The SMILES string of the molecule is Cc1cc(N2CCN(S(=O)(=O)c3ccc(Br)cc3)CC2)nc(-c2ccc(C(F)(F)F)cc2)n1. The topological polar surface area (TPSA) is 66.4 Å². The highest BCUT2D eigenvalue weighted by Gasteiger charge is 2.31. The molecule has 11 heteroatoms. The van der Waals surface area contributed by atoms with Gasteiger partial charge in [-0.3, -0.25) is 0 Å². The van der Waals surface area contributed by atoms with E-state index in [-0.39, 0.29) is 18.0 Å². The number of nitrogens with zero attached hydrogens (tertiary/aromatic N) is 4. The first-order chi connectivity index (χ1) is 15.5. The highest BCUT2D eigenvalue weighted by atomic mass is 79.9. The molecule has 0 atom stereocenters. The van der Waals surface area contributed by atoms with Crippen molar-refractivity contribution in [3.63, 3.8) is 0 Å². The van der Waals surface area contributed by atoms with Crippen LogP contribution >= 0.6 is 15.9 Å². The van der Waals surface area contributed by atoms with E-state index >= 15 is 0 Å². The Morgan fingerprint density at radius 3 is 2.09 bits per heavy atom. The molecule has 0 radical (unpaired) electrons. The van der Waals surface area contributed by atoms with Crippen LogP contribution in [0.4, 0.5) is 19.0 Å². The summed E-state index contributed by atoms with van der Waals surface area (Å²) in [5.41, 5.74) is 0.409. The largest absolute Gasteiger partial charge is 0.416 e. The average molecular weight is 541 g/mol. The molecule has 174 valence electrons. The molecule has 2 aromatic carbocycles. The van der Waals surface area contributed by atoms with Crippen LogP contribution in [0, 0.1) is 6.92 Å². The highest BCUT2D eigenvalue weighted by Crippen LogP contribution is 2.31. The molecule has 0 aliphatic carbocycles. The van der Waals surface area contributed by atoms with Gasteiger partial charge in [0.2, 0.25) is 10.0 Å². The third kappa shape index (κ3) is 5.20. The molecular weight excluding hydrogens is 521 g/mol. The predicted octanol–water partition coefficient (Wildman–Crippen LogP) is 4.74. The van der Waals surface area contributed by atoms with Crippen molar-refractivity contribution >= 4 is 31.8 Å². The van der Waals surface area contributed by atoms with E-state index in [1.54, 1.807) is 37.3 Å². The molecule has 1 aliphatic heterocycles. The lowest BCUT2D eigenvalue weighted by atomic mass is 10.1. The number of rotatable bonds is 4. The number of anilines is 1. The molecule has 33 heavy (non-hydrogen) atoms. The lowest BCUT2D eigenvalue weighted by molar-refractivity contribution is -0.137. The van der Waals surface area contributed by atoms with Crippen LogP contribution in [0.25, 0.3) is 11.4 Å².